The van der Waals surface area contributed by atoms with Gasteiger partial charge in [0.1, 0.15) is 5.82 Å². The number of para-hydroxylation sites is 1. The van der Waals surface area contributed by atoms with Gasteiger partial charge in [0.25, 0.3) is 0 Å². The third-order valence-electron chi connectivity index (χ3n) is 4.16. The van der Waals surface area contributed by atoms with Crippen molar-refractivity contribution in [2.24, 2.45) is 0 Å². The van der Waals surface area contributed by atoms with Crippen LogP contribution in [0.2, 0.25) is 0 Å². The van der Waals surface area contributed by atoms with E-state index in [-0.39, 0.29) is 5.82 Å². The molecule has 0 unspecified atom stereocenters. The van der Waals surface area contributed by atoms with Crippen molar-refractivity contribution in [3.8, 4) is 11.3 Å². The van der Waals surface area contributed by atoms with E-state index >= 15 is 0 Å². The van der Waals surface area contributed by atoms with Crippen LogP contribution in [0.1, 0.15) is 11.1 Å². The van der Waals surface area contributed by atoms with Gasteiger partial charge in [-0.3, -0.25) is 0 Å². The average molecular weight is 301 g/mol. The number of hydrogen-bond donors (Lipinski definition) is 0. The number of pyridine rings is 1. The van der Waals surface area contributed by atoms with Crippen LogP contribution >= 0.6 is 0 Å². The van der Waals surface area contributed by atoms with Crippen LogP contribution in [0.4, 0.5) is 4.39 Å². The zero-order chi connectivity index (χ0) is 16.0. The summed E-state index contributed by atoms with van der Waals surface area (Å²) in [6.45, 7) is 4.17. The maximum Gasteiger partial charge on any atom is 0.123 e. The maximum atomic E-state index is 13.8. The van der Waals surface area contributed by atoms with E-state index in [2.05, 4.69) is 32.0 Å². The molecule has 0 fully saturated rings. The molecular formula is C21H16FN. The number of benzene rings is 3. The Kier molecular flexibility index (Phi) is 3.12. The SMILES string of the molecule is Cc1cc(C)cc(-c2nc3ccccc3c3cc(F)ccc23)c1. The Bertz CT molecular complexity index is 1030. The molecule has 1 nitrogen and oxygen atoms in total. The highest BCUT2D eigenvalue weighted by Crippen LogP contribution is 2.33. The molecular weight excluding hydrogens is 285 g/mol. The zero-order valence-corrected chi connectivity index (χ0v) is 13.1. The summed E-state index contributed by atoms with van der Waals surface area (Å²) < 4.78 is 13.8. The molecule has 3 aromatic carbocycles. The van der Waals surface area contributed by atoms with Gasteiger partial charge in [0.05, 0.1) is 11.2 Å². The van der Waals surface area contributed by atoms with E-state index in [9.17, 15) is 4.39 Å². The molecule has 4 rings (SSSR count). The van der Waals surface area contributed by atoms with Gasteiger partial charge in [0.2, 0.25) is 0 Å². The molecule has 23 heavy (non-hydrogen) atoms. The van der Waals surface area contributed by atoms with Gasteiger partial charge in [-0.25, -0.2) is 9.37 Å². The molecule has 1 aromatic heterocycles. The first kappa shape index (κ1) is 13.9. The minimum absolute atomic E-state index is 0.222. The summed E-state index contributed by atoms with van der Waals surface area (Å²) in [5, 5.41) is 2.87. The van der Waals surface area contributed by atoms with Gasteiger partial charge >= 0.3 is 0 Å². The highest BCUT2D eigenvalue weighted by Gasteiger charge is 2.11. The van der Waals surface area contributed by atoms with E-state index in [4.69, 9.17) is 4.98 Å². The highest BCUT2D eigenvalue weighted by molar-refractivity contribution is 6.10. The van der Waals surface area contributed by atoms with E-state index in [1.54, 1.807) is 6.07 Å². The third kappa shape index (κ3) is 2.36. The van der Waals surface area contributed by atoms with Crippen LogP contribution in [0.25, 0.3) is 32.9 Å². The molecule has 0 radical (unpaired) electrons. The van der Waals surface area contributed by atoms with Crippen molar-refractivity contribution in [2.45, 2.75) is 13.8 Å². The van der Waals surface area contributed by atoms with E-state index in [0.29, 0.717) is 0 Å². The number of nitrogens with zero attached hydrogens (tertiary/aromatic N) is 1. The molecule has 0 aliphatic carbocycles. The first-order valence-corrected chi connectivity index (χ1v) is 7.68. The Morgan fingerprint density at radius 1 is 0.739 bits per heavy atom. The van der Waals surface area contributed by atoms with E-state index < -0.39 is 0 Å². The molecule has 0 aliphatic heterocycles. The standard InChI is InChI=1S/C21H16FN/c1-13-9-14(2)11-15(10-13)21-18-8-7-16(22)12-19(18)17-5-3-4-6-20(17)23-21/h3-12H,1-2H3. The van der Waals surface area contributed by atoms with Crippen LogP contribution in [0, 0.1) is 19.7 Å². The number of rotatable bonds is 1. The molecule has 0 bridgehead atoms. The lowest BCUT2D eigenvalue weighted by Crippen LogP contribution is -1.91. The number of hydrogen-bond acceptors (Lipinski definition) is 1. The largest absolute Gasteiger partial charge is 0.247 e. The number of aromatic nitrogens is 1. The Hall–Kier alpha value is -2.74. The normalized spacial score (nSPS) is 11.3. The lowest BCUT2D eigenvalue weighted by atomic mass is 9.98. The topological polar surface area (TPSA) is 12.9 Å². The summed E-state index contributed by atoms with van der Waals surface area (Å²) in [5.41, 5.74) is 5.27. The fourth-order valence-electron chi connectivity index (χ4n) is 3.26. The first-order chi connectivity index (χ1) is 11.1. The van der Waals surface area contributed by atoms with Gasteiger partial charge < -0.3 is 0 Å². The molecule has 1 heterocycles. The average Bonchev–Trinajstić information content (AvgIpc) is 2.53. The fraction of sp³-hybridized carbons (Fsp3) is 0.0952. The minimum Gasteiger partial charge on any atom is -0.247 e. The van der Waals surface area contributed by atoms with Crippen LogP contribution < -0.4 is 0 Å². The Labute approximate surface area is 134 Å². The smallest absolute Gasteiger partial charge is 0.123 e. The first-order valence-electron chi connectivity index (χ1n) is 7.68. The molecule has 0 saturated carbocycles. The fourth-order valence-corrected chi connectivity index (χ4v) is 3.26. The molecule has 0 N–H and O–H groups in total. The van der Waals surface area contributed by atoms with Crippen molar-refractivity contribution in [2.75, 3.05) is 0 Å². The van der Waals surface area contributed by atoms with Crippen LogP contribution in [0.3, 0.4) is 0 Å². The van der Waals surface area contributed by atoms with Crippen molar-refractivity contribution in [3.63, 3.8) is 0 Å². The summed E-state index contributed by atoms with van der Waals surface area (Å²) >= 11 is 0. The Balaban J connectivity index is 2.16. The van der Waals surface area contributed by atoms with Crippen LogP contribution in [-0.4, -0.2) is 4.98 Å². The highest BCUT2D eigenvalue weighted by atomic mass is 19.1. The maximum absolute atomic E-state index is 13.8. The lowest BCUT2D eigenvalue weighted by Gasteiger charge is -2.11. The van der Waals surface area contributed by atoms with Crippen molar-refractivity contribution < 1.29 is 4.39 Å². The molecule has 112 valence electrons. The lowest BCUT2D eigenvalue weighted by molar-refractivity contribution is 0.630. The number of fused-ring (bicyclic) bond motifs is 3. The van der Waals surface area contributed by atoms with Gasteiger partial charge in [0.15, 0.2) is 0 Å². The Morgan fingerprint density at radius 2 is 1.48 bits per heavy atom. The van der Waals surface area contributed by atoms with Gasteiger partial charge in [-0.05, 0) is 55.6 Å². The van der Waals surface area contributed by atoms with E-state index in [1.165, 1.54) is 17.2 Å². The molecule has 2 heteroatoms. The summed E-state index contributed by atoms with van der Waals surface area (Å²) in [4.78, 5) is 4.86. The third-order valence-corrected chi connectivity index (χ3v) is 4.16. The van der Waals surface area contributed by atoms with Gasteiger partial charge in [0, 0.05) is 16.3 Å². The van der Waals surface area contributed by atoms with Gasteiger partial charge in [-0.1, -0.05) is 35.4 Å². The predicted octanol–water partition coefficient (Wildman–Crippen LogP) is 5.81. The molecule has 0 saturated heterocycles. The summed E-state index contributed by atoms with van der Waals surface area (Å²) in [7, 11) is 0. The van der Waals surface area contributed by atoms with Crippen LogP contribution in [0.5, 0.6) is 0 Å². The van der Waals surface area contributed by atoms with E-state index in [1.807, 2.05) is 30.3 Å². The van der Waals surface area contributed by atoms with Crippen molar-refractivity contribution in [1.82, 2.24) is 4.98 Å². The second-order valence-corrected chi connectivity index (χ2v) is 6.04. The number of halogens is 1. The summed E-state index contributed by atoms with van der Waals surface area (Å²) in [6.07, 6.45) is 0. The quantitative estimate of drug-likeness (QED) is 0.404. The molecule has 0 atom stereocenters. The minimum atomic E-state index is -0.222. The monoisotopic (exact) mass is 301 g/mol. The van der Waals surface area contributed by atoms with Crippen molar-refractivity contribution in [1.29, 1.82) is 0 Å². The second kappa shape index (κ2) is 5.17. The van der Waals surface area contributed by atoms with E-state index in [0.717, 1.165) is 32.9 Å². The zero-order valence-electron chi connectivity index (χ0n) is 13.1. The Morgan fingerprint density at radius 3 is 2.26 bits per heavy atom. The second-order valence-electron chi connectivity index (χ2n) is 6.04. The van der Waals surface area contributed by atoms with Crippen molar-refractivity contribution in [3.05, 3.63) is 77.6 Å². The van der Waals surface area contributed by atoms with Gasteiger partial charge in [-0.15, -0.1) is 0 Å². The summed E-state index contributed by atoms with van der Waals surface area (Å²) in [6, 6.07) is 19.2. The molecule has 0 aliphatic rings. The van der Waals surface area contributed by atoms with Crippen LogP contribution in [0.15, 0.2) is 60.7 Å². The predicted molar refractivity (Wildman–Crippen MR) is 94.1 cm³/mol. The number of aryl methyl sites for hydroxylation is 2. The molecule has 0 amide bonds. The summed E-state index contributed by atoms with van der Waals surface area (Å²) in [5.74, 6) is -0.222. The van der Waals surface area contributed by atoms with Crippen LogP contribution in [-0.2, 0) is 0 Å². The van der Waals surface area contributed by atoms with Crippen molar-refractivity contribution >= 4 is 21.7 Å². The molecule has 4 aromatic rings. The molecule has 0 spiro atoms. The van der Waals surface area contributed by atoms with Gasteiger partial charge in [-0.2, -0.15) is 0 Å².